The fourth-order valence-corrected chi connectivity index (χ4v) is 0.969. The summed E-state index contributed by atoms with van der Waals surface area (Å²) in [5.74, 6) is 0.644. The van der Waals surface area contributed by atoms with E-state index in [4.69, 9.17) is 5.73 Å². The lowest BCUT2D eigenvalue weighted by atomic mass is 10.3. The first-order valence-corrected chi connectivity index (χ1v) is 4.65. The number of amidine groups is 1. The zero-order valence-electron chi connectivity index (χ0n) is 8.94. The second-order valence-electron chi connectivity index (χ2n) is 2.90. The van der Waals surface area contributed by atoms with Crippen LogP contribution in [0.15, 0.2) is 34.5 Å². The normalized spacial score (nSPS) is 12.7. The first-order valence-electron chi connectivity index (χ1n) is 4.65. The zero-order valence-corrected chi connectivity index (χ0v) is 8.94. The maximum Gasteiger partial charge on any atom is 0.130 e. The van der Waals surface area contributed by atoms with E-state index in [1.807, 2.05) is 25.1 Å². The molecule has 1 rings (SSSR count). The molecule has 0 radical (unpaired) electrons. The van der Waals surface area contributed by atoms with Crippen LogP contribution >= 0.6 is 0 Å². The number of hydrogen-bond acceptors (Lipinski definition) is 4. The van der Waals surface area contributed by atoms with Crippen molar-refractivity contribution in [3.05, 3.63) is 30.1 Å². The molecule has 5 heteroatoms. The number of nitrogens with two attached hydrogens (primary N) is 1. The summed E-state index contributed by atoms with van der Waals surface area (Å²) in [7, 11) is 1.67. The van der Waals surface area contributed by atoms with Gasteiger partial charge >= 0.3 is 0 Å². The molecule has 0 unspecified atom stereocenters. The van der Waals surface area contributed by atoms with Crippen molar-refractivity contribution < 1.29 is 0 Å². The van der Waals surface area contributed by atoms with E-state index in [2.05, 4.69) is 20.5 Å². The van der Waals surface area contributed by atoms with Crippen LogP contribution < -0.4 is 11.2 Å². The standard InChI is InChI=1S/C10H15N5/c1-8(9-5-3-4-6-13-9)14-15-10(7-11)12-2/h3-6H,7,11H2,1-2H3,(H,12,15)/b14-8-. The van der Waals surface area contributed by atoms with E-state index in [9.17, 15) is 0 Å². The largest absolute Gasteiger partial charge is 0.324 e. The van der Waals surface area contributed by atoms with E-state index in [1.54, 1.807) is 13.2 Å². The van der Waals surface area contributed by atoms with Crippen molar-refractivity contribution in [1.29, 1.82) is 0 Å². The van der Waals surface area contributed by atoms with Gasteiger partial charge in [0.1, 0.15) is 5.84 Å². The van der Waals surface area contributed by atoms with Crippen LogP contribution in [0.5, 0.6) is 0 Å². The number of aromatic nitrogens is 1. The Balaban J connectivity index is 2.69. The first kappa shape index (κ1) is 11.3. The number of hydrazone groups is 1. The van der Waals surface area contributed by atoms with Gasteiger partial charge in [-0.15, -0.1) is 0 Å². The van der Waals surface area contributed by atoms with E-state index >= 15 is 0 Å². The van der Waals surface area contributed by atoms with Gasteiger partial charge in [0.05, 0.1) is 18.0 Å². The van der Waals surface area contributed by atoms with E-state index in [0.29, 0.717) is 12.4 Å². The average molecular weight is 205 g/mol. The SMILES string of the molecule is CN=C(CN)N/N=C(/C)c1ccccn1. The van der Waals surface area contributed by atoms with Gasteiger partial charge in [-0.2, -0.15) is 5.10 Å². The Morgan fingerprint density at radius 1 is 1.53 bits per heavy atom. The summed E-state index contributed by atoms with van der Waals surface area (Å²) in [4.78, 5) is 8.09. The van der Waals surface area contributed by atoms with Crippen LogP contribution in [0, 0.1) is 0 Å². The quantitative estimate of drug-likeness (QED) is 0.425. The lowest BCUT2D eigenvalue weighted by molar-refractivity contribution is 0.977. The van der Waals surface area contributed by atoms with Gasteiger partial charge in [0.25, 0.3) is 0 Å². The van der Waals surface area contributed by atoms with Gasteiger partial charge in [-0.25, -0.2) is 0 Å². The molecule has 1 heterocycles. The van der Waals surface area contributed by atoms with E-state index in [1.165, 1.54) is 0 Å². The number of nitrogens with zero attached hydrogens (tertiary/aromatic N) is 3. The molecule has 0 atom stereocenters. The molecule has 0 spiro atoms. The van der Waals surface area contributed by atoms with Crippen LogP contribution in [0.3, 0.4) is 0 Å². The average Bonchev–Trinajstić information content (AvgIpc) is 2.31. The fourth-order valence-electron chi connectivity index (χ4n) is 0.969. The van der Waals surface area contributed by atoms with Gasteiger partial charge in [0.15, 0.2) is 0 Å². The molecule has 15 heavy (non-hydrogen) atoms. The highest BCUT2D eigenvalue weighted by Crippen LogP contribution is 1.94. The summed E-state index contributed by atoms with van der Waals surface area (Å²) in [6, 6.07) is 5.67. The zero-order chi connectivity index (χ0) is 11.1. The lowest BCUT2D eigenvalue weighted by Crippen LogP contribution is -2.27. The predicted octanol–water partition coefficient (Wildman–Crippen LogP) is 0.382. The minimum Gasteiger partial charge on any atom is -0.324 e. The highest BCUT2D eigenvalue weighted by Gasteiger charge is 1.97. The number of aliphatic imine (C=N–C) groups is 1. The number of hydrogen-bond donors (Lipinski definition) is 2. The molecule has 3 N–H and O–H groups in total. The lowest BCUT2D eigenvalue weighted by Gasteiger charge is -2.03. The maximum atomic E-state index is 5.43. The molecule has 80 valence electrons. The van der Waals surface area contributed by atoms with Gasteiger partial charge in [-0.3, -0.25) is 15.4 Å². The molecule has 0 aromatic carbocycles. The van der Waals surface area contributed by atoms with Crippen molar-refractivity contribution in [3.8, 4) is 0 Å². The van der Waals surface area contributed by atoms with Crippen LogP contribution in [0.1, 0.15) is 12.6 Å². The number of nitrogens with one attached hydrogen (secondary N) is 1. The summed E-state index contributed by atoms with van der Waals surface area (Å²) in [6.45, 7) is 2.22. The molecule has 1 aromatic rings. The molecule has 0 aliphatic carbocycles. The summed E-state index contributed by atoms with van der Waals surface area (Å²) < 4.78 is 0. The molecule has 0 saturated heterocycles. The molecule has 0 aliphatic heterocycles. The van der Waals surface area contributed by atoms with Gasteiger partial charge in [0, 0.05) is 13.2 Å². The molecule has 1 aromatic heterocycles. The predicted molar refractivity (Wildman–Crippen MR) is 62.0 cm³/mol. The summed E-state index contributed by atoms with van der Waals surface area (Å²) >= 11 is 0. The van der Waals surface area contributed by atoms with Crippen LogP contribution in [0.4, 0.5) is 0 Å². The van der Waals surface area contributed by atoms with E-state index in [-0.39, 0.29) is 0 Å². The first-order chi connectivity index (χ1) is 7.27. The van der Waals surface area contributed by atoms with E-state index < -0.39 is 0 Å². The summed E-state index contributed by atoms with van der Waals surface area (Å²) in [5.41, 5.74) is 9.85. The van der Waals surface area contributed by atoms with E-state index in [0.717, 1.165) is 11.4 Å². The van der Waals surface area contributed by atoms with Crippen molar-refractivity contribution in [2.75, 3.05) is 13.6 Å². The minimum atomic E-state index is 0.343. The monoisotopic (exact) mass is 205 g/mol. The molecule has 0 bridgehead atoms. The molecule has 0 saturated carbocycles. The topological polar surface area (TPSA) is 75.7 Å². The molecule has 0 aliphatic rings. The highest BCUT2D eigenvalue weighted by atomic mass is 15.3. The Bertz CT molecular complexity index is 355. The van der Waals surface area contributed by atoms with Crippen molar-refractivity contribution in [3.63, 3.8) is 0 Å². The van der Waals surface area contributed by atoms with Crippen molar-refractivity contribution in [2.45, 2.75) is 6.92 Å². The third kappa shape index (κ3) is 3.47. The second-order valence-corrected chi connectivity index (χ2v) is 2.90. The van der Waals surface area contributed by atoms with Crippen LogP contribution in [0.2, 0.25) is 0 Å². The Labute approximate surface area is 89.1 Å². The van der Waals surface area contributed by atoms with Crippen molar-refractivity contribution in [1.82, 2.24) is 10.4 Å². The van der Waals surface area contributed by atoms with Gasteiger partial charge in [-0.1, -0.05) is 6.07 Å². The highest BCUT2D eigenvalue weighted by molar-refractivity contribution is 5.97. The minimum absolute atomic E-state index is 0.343. The van der Waals surface area contributed by atoms with Crippen molar-refractivity contribution >= 4 is 11.5 Å². The van der Waals surface area contributed by atoms with Crippen LogP contribution in [-0.2, 0) is 0 Å². The molecule has 0 amide bonds. The van der Waals surface area contributed by atoms with Gasteiger partial charge in [-0.05, 0) is 19.1 Å². The second kappa shape index (κ2) is 5.87. The Kier molecular flexibility index (Phi) is 4.43. The Hall–Kier alpha value is -1.75. The molecule has 5 nitrogen and oxygen atoms in total. The smallest absolute Gasteiger partial charge is 0.130 e. The van der Waals surface area contributed by atoms with Crippen molar-refractivity contribution in [2.24, 2.45) is 15.8 Å². The molecular weight excluding hydrogens is 190 g/mol. The maximum absolute atomic E-state index is 5.43. The van der Waals surface area contributed by atoms with Gasteiger partial charge < -0.3 is 5.73 Å². The molecular formula is C10H15N5. The number of pyridine rings is 1. The summed E-state index contributed by atoms with van der Waals surface area (Å²) in [6.07, 6.45) is 1.73. The molecule has 0 fully saturated rings. The summed E-state index contributed by atoms with van der Waals surface area (Å²) in [5, 5.41) is 4.13. The third-order valence-corrected chi connectivity index (χ3v) is 1.85. The Morgan fingerprint density at radius 2 is 2.33 bits per heavy atom. The van der Waals surface area contributed by atoms with Gasteiger partial charge in [0.2, 0.25) is 0 Å². The van der Waals surface area contributed by atoms with Crippen LogP contribution in [-0.4, -0.2) is 30.1 Å². The third-order valence-electron chi connectivity index (χ3n) is 1.85. The van der Waals surface area contributed by atoms with Crippen LogP contribution in [0.25, 0.3) is 0 Å². The Morgan fingerprint density at radius 3 is 2.87 bits per heavy atom. The number of rotatable bonds is 3. The fraction of sp³-hybridized carbons (Fsp3) is 0.300.